The van der Waals surface area contributed by atoms with Crippen molar-refractivity contribution in [1.82, 2.24) is 10.3 Å². The summed E-state index contributed by atoms with van der Waals surface area (Å²) >= 11 is 1.91. The minimum absolute atomic E-state index is 0.555. The summed E-state index contributed by atoms with van der Waals surface area (Å²) in [5.74, 6) is 0.931. The number of hydrogen-bond acceptors (Lipinski definition) is 4. The van der Waals surface area contributed by atoms with Gasteiger partial charge in [0.15, 0.2) is 5.13 Å². The molecule has 0 amide bonds. The average molecular weight is 265 g/mol. The van der Waals surface area contributed by atoms with Crippen LogP contribution in [0.2, 0.25) is 0 Å². The molecule has 1 heterocycles. The molecule has 0 bridgehead atoms. The van der Waals surface area contributed by atoms with Crippen molar-refractivity contribution in [1.29, 1.82) is 0 Å². The zero-order valence-corrected chi connectivity index (χ0v) is 12.2. The number of hydrogen-bond donors (Lipinski definition) is 1. The van der Waals surface area contributed by atoms with E-state index in [9.17, 15) is 0 Å². The van der Waals surface area contributed by atoms with Gasteiger partial charge >= 0.3 is 0 Å². The fourth-order valence-electron chi connectivity index (χ4n) is 2.78. The summed E-state index contributed by atoms with van der Waals surface area (Å²) in [6, 6.07) is 0.555. The molecule has 0 spiro atoms. The Kier molecular flexibility index (Phi) is 3.57. The van der Waals surface area contributed by atoms with Gasteiger partial charge in [0.25, 0.3) is 0 Å². The molecule has 3 rings (SSSR count). The third-order valence-electron chi connectivity index (χ3n) is 3.95. The Balaban J connectivity index is 1.76. The monoisotopic (exact) mass is 265 g/mol. The van der Waals surface area contributed by atoms with E-state index in [4.69, 9.17) is 4.98 Å². The Bertz CT molecular complexity index is 411. The van der Waals surface area contributed by atoms with Crippen molar-refractivity contribution in [2.24, 2.45) is 5.92 Å². The molecule has 1 aromatic rings. The normalized spacial score (nSPS) is 22.9. The van der Waals surface area contributed by atoms with E-state index < -0.39 is 0 Å². The van der Waals surface area contributed by atoms with Crippen LogP contribution in [-0.2, 0) is 6.42 Å². The summed E-state index contributed by atoms with van der Waals surface area (Å²) in [7, 11) is 2.20. The molecule has 100 valence electrons. The van der Waals surface area contributed by atoms with Crippen molar-refractivity contribution in [3.05, 3.63) is 10.6 Å². The Labute approximate surface area is 114 Å². The predicted octanol–water partition coefficient (Wildman–Crippen LogP) is 2.98. The molecule has 1 aromatic heterocycles. The van der Waals surface area contributed by atoms with E-state index in [2.05, 4.69) is 24.2 Å². The van der Waals surface area contributed by atoms with E-state index in [1.165, 1.54) is 54.4 Å². The van der Waals surface area contributed by atoms with E-state index in [0.717, 1.165) is 12.5 Å². The van der Waals surface area contributed by atoms with Crippen molar-refractivity contribution in [2.75, 3.05) is 25.0 Å². The van der Waals surface area contributed by atoms with Gasteiger partial charge in [0.05, 0.1) is 5.69 Å². The topological polar surface area (TPSA) is 28.2 Å². The van der Waals surface area contributed by atoms with Crippen molar-refractivity contribution in [3.63, 3.8) is 0 Å². The molecule has 0 radical (unpaired) electrons. The molecule has 1 N–H and O–H groups in total. The van der Waals surface area contributed by atoms with Crippen molar-refractivity contribution in [3.8, 4) is 0 Å². The Morgan fingerprint density at radius 3 is 2.94 bits per heavy atom. The molecule has 1 fully saturated rings. The van der Waals surface area contributed by atoms with Gasteiger partial charge in [-0.1, -0.05) is 18.3 Å². The van der Waals surface area contributed by atoms with Crippen molar-refractivity contribution < 1.29 is 0 Å². The van der Waals surface area contributed by atoms with Crippen LogP contribution in [-0.4, -0.2) is 25.1 Å². The first-order valence-corrected chi connectivity index (χ1v) is 8.03. The number of aryl methyl sites for hydroxylation is 1. The number of fused-ring (bicyclic) bond motifs is 1. The lowest BCUT2D eigenvalue weighted by molar-refractivity contribution is 0.476. The largest absolute Gasteiger partial charge is 0.351 e. The summed E-state index contributed by atoms with van der Waals surface area (Å²) in [5, 5.41) is 4.83. The highest BCUT2D eigenvalue weighted by Crippen LogP contribution is 2.38. The number of nitrogens with one attached hydrogen (secondary N) is 1. The zero-order valence-electron chi connectivity index (χ0n) is 11.4. The lowest BCUT2D eigenvalue weighted by atomic mass is 9.98. The second-order valence-corrected chi connectivity index (χ2v) is 6.64. The van der Waals surface area contributed by atoms with Gasteiger partial charge in [-0.25, -0.2) is 4.98 Å². The van der Waals surface area contributed by atoms with Gasteiger partial charge in [0, 0.05) is 24.5 Å². The molecule has 3 nitrogen and oxygen atoms in total. The summed E-state index contributed by atoms with van der Waals surface area (Å²) in [6.07, 6.45) is 6.55. The molecule has 1 atom stereocenters. The molecule has 0 aliphatic heterocycles. The van der Waals surface area contributed by atoms with Gasteiger partial charge in [0.1, 0.15) is 0 Å². The molecule has 1 unspecified atom stereocenters. The van der Waals surface area contributed by atoms with Crippen LogP contribution in [0, 0.1) is 5.92 Å². The maximum absolute atomic E-state index is 4.87. The van der Waals surface area contributed by atoms with Crippen LogP contribution in [0.3, 0.4) is 0 Å². The van der Waals surface area contributed by atoms with E-state index in [0.29, 0.717) is 6.04 Å². The molecule has 4 heteroatoms. The number of thiazole rings is 1. The van der Waals surface area contributed by atoms with Crippen LogP contribution in [0.5, 0.6) is 0 Å². The second kappa shape index (κ2) is 5.17. The summed E-state index contributed by atoms with van der Waals surface area (Å²) in [6.45, 7) is 4.43. The maximum atomic E-state index is 4.87. The van der Waals surface area contributed by atoms with E-state index in [-0.39, 0.29) is 0 Å². The molecule has 0 aromatic carbocycles. The van der Waals surface area contributed by atoms with Gasteiger partial charge in [-0.15, -0.1) is 0 Å². The first-order chi connectivity index (χ1) is 8.78. The molecule has 18 heavy (non-hydrogen) atoms. The van der Waals surface area contributed by atoms with Crippen LogP contribution < -0.4 is 10.2 Å². The number of aromatic nitrogens is 1. The quantitative estimate of drug-likeness (QED) is 0.887. The molecule has 2 aliphatic rings. The molecule has 2 aliphatic carbocycles. The van der Waals surface area contributed by atoms with Crippen molar-refractivity contribution >= 4 is 16.5 Å². The van der Waals surface area contributed by atoms with Gasteiger partial charge in [0.2, 0.25) is 0 Å². The van der Waals surface area contributed by atoms with Crippen LogP contribution >= 0.6 is 11.3 Å². The molecular weight excluding hydrogens is 242 g/mol. The van der Waals surface area contributed by atoms with E-state index in [1.54, 1.807) is 0 Å². The lowest BCUT2D eigenvalue weighted by Crippen LogP contribution is -2.23. The zero-order chi connectivity index (χ0) is 12.5. The van der Waals surface area contributed by atoms with Crippen LogP contribution in [0.4, 0.5) is 5.13 Å². The van der Waals surface area contributed by atoms with Crippen molar-refractivity contribution in [2.45, 2.75) is 45.1 Å². The summed E-state index contributed by atoms with van der Waals surface area (Å²) in [5.41, 5.74) is 1.36. The van der Waals surface area contributed by atoms with Crippen LogP contribution in [0.15, 0.2) is 0 Å². The summed E-state index contributed by atoms with van der Waals surface area (Å²) in [4.78, 5) is 8.73. The minimum atomic E-state index is 0.555. The average Bonchev–Trinajstić information content (AvgIpc) is 3.06. The third-order valence-corrected chi connectivity index (χ3v) is 5.27. The minimum Gasteiger partial charge on any atom is -0.351 e. The van der Waals surface area contributed by atoms with Crippen LogP contribution in [0.25, 0.3) is 0 Å². The first kappa shape index (κ1) is 12.4. The van der Waals surface area contributed by atoms with Crippen LogP contribution in [0.1, 0.15) is 49.2 Å². The predicted molar refractivity (Wildman–Crippen MR) is 77.5 cm³/mol. The first-order valence-electron chi connectivity index (χ1n) is 7.22. The van der Waals surface area contributed by atoms with Gasteiger partial charge in [-0.3, -0.25) is 0 Å². The lowest BCUT2D eigenvalue weighted by Gasteiger charge is -2.21. The highest BCUT2D eigenvalue weighted by Gasteiger charge is 2.27. The molecular formula is C14H23N3S. The highest BCUT2D eigenvalue weighted by molar-refractivity contribution is 7.15. The standard InChI is InChI=1S/C14H23N3S/c1-3-15-11-5-4-6-12-13(11)18-14(16-12)17(2)9-10-7-8-10/h10-11,15H,3-9H2,1-2H3. The second-order valence-electron chi connectivity index (χ2n) is 5.63. The maximum Gasteiger partial charge on any atom is 0.185 e. The Morgan fingerprint density at radius 2 is 2.22 bits per heavy atom. The fourth-order valence-corrected chi connectivity index (χ4v) is 3.97. The smallest absolute Gasteiger partial charge is 0.185 e. The fraction of sp³-hybridized carbons (Fsp3) is 0.786. The highest BCUT2D eigenvalue weighted by atomic mass is 32.1. The third kappa shape index (κ3) is 2.54. The Hall–Kier alpha value is -0.610. The van der Waals surface area contributed by atoms with Gasteiger partial charge in [-0.05, 0) is 44.6 Å². The van der Waals surface area contributed by atoms with E-state index >= 15 is 0 Å². The molecule has 1 saturated carbocycles. The number of nitrogens with zero attached hydrogens (tertiary/aromatic N) is 2. The SMILES string of the molecule is CCNC1CCCc2nc(N(C)CC3CC3)sc21. The summed E-state index contributed by atoms with van der Waals surface area (Å²) < 4.78 is 0. The van der Waals surface area contributed by atoms with Gasteiger partial charge < -0.3 is 10.2 Å². The number of rotatable bonds is 5. The Morgan fingerprint density at radius 1 is 1.39 bits per heavy atom. The molecule has 0 saturated heterocycles. The van der Waals surface area contributed by atoms with Gasteiger partial charge in [-0.2, -0.15) is 0 Å². The number of anilines is 1. The van der Waals surface area contributed by atoms with E-state index in [1.807, 2.05) is 11.3 Å².